The first kappa shape index (κ1) is 37.7. The maximum Gasteiger partial charge on any atom is 0.412 e. The van der Waals surface area contributed by atoms with E-state index in [1.54, 1.807) is 26.2 Å². The molecule has 0 fully saturated rings. The lowest BCUT2D eigenvalue weighted by Gasteiger charge is -2.18. The number of carbonyl (C=O) groups excluding carboxylic acids is 2. The number of anilines is 1. The van der Waals surface area contributed by atoms with E-state index in [2.05, 4.69) is 43.0 Å². The summed E-state index contributed by atoms with van der Waals surface area (Å²) in [5, 5.41) is 5.70. The van der Waals surface area contributed by atoms with Crippen LogP contribution >= 0.6 is 11.3 Å². The van der Waals surface area contributed by atoms with Crippen LogP contribution in [0.5, 0.6) is 5.75 Å². The summed E-state index contributed by atoms with van der Waals surface area (Å²) in [5.41, 5.74) is -0.496. The Morgan fingerprint density at radius 3 is 2.36 bits per heavy atom. The lowest BCUT2D eigenvalue weighted by molar-refractivity contribution is -0.0942. The molecule has 2 amide bonds. The molecule has 0 bridgehead atoms. The van der Waals surface area contributed by atoms with Gasteiger partial charge >= 0.3 is 6.18 Å². The largest absolute Gasteiger partial charge is 0.496 e. The minimum Gasteiger partial charge on any atom is -0.496 e. The predicted octanol–water partition coefficient (Wildman–Crippen LogP) is 8.73. The summed E-state index contributed by atoms with van der Waals surface area (Å²) in [6.07, 6.45) is -1.17. The molecule has 0 radical (unpaired) electrons. The highest BCUT2D eigenvalue weighted by molar-refractivity contribution is 7.19. The molecule has 248 valence electrons. The fourth-order valence-corrected chi connectivity index (χ4v) is 5.91. The quantitative estimate of drug-likeness (QED) is 0.142. The molecule has 0 aliphatic rings. The number of aryl methyl sites for hydroxylation is 1. The lowest BCUT2D eigenvalue weighted by atomic mass is 9.94. The molecule has 3 aromatic rings. The maximum atomic E-state index is 13.9. The third-order valence-electron chi connectivity index (χ3n) is 6.92. The predicted molar refractivity (Wildman–Crippen MR) is 172 cm³/mol. The summed E-state index contributed by atoms with van der Waals surface area (Å²) in [5.74, 6) is -0.359. The zero-order chi connectivity index (χ0) is 33.9. The number of fused-ring (bicyclic) bond motifs is 1. The summed E-state index contributed by atoms with van der Waals surface area (Å²) < 4.78 is 63.1. The molecule has 7 nitrogen and oxygen atoms in total. The number of methoxy groups -OCH3 is 2. The highest BCUT2D eigenvalue weighted by Crippen LogP contribution is 2.33. The van der Waals surface area contributed by atoms with Gasteiger partial charge in [-0.1, -0.05) is 40.2 Å². The molecule has 0 spiro atoms. The normalized spacial score (nSPS) is 13.3. The number of nitrogens with one attached hydrogen (secondary N) is 2. The van der Waals surface area contributed by atoms with Crippen molar-refractivity contribution in [1.82, 2.24) is 10.3 Å². The Kier molecular flexibility index (Phi) is 14.4. The van der Waals surface area contributed by atoms with Gasteiger partial charge in [0.15, 0.2) is 0 Å². The van der Waals surface area contributed by atoms with Crippen LogP contribution in [-0.2, 0) is 4.74 Å². The zero-order valence-electron chi connectivity index (χ0n) is 26.9. The number of halogens is 4. The van der Waals surface area contributed by atoms with Gasteiger partial charge in [0.2, 0.25) is 0 Å². The zero-order valence-corrected chi connectivity index (χ0v) is 27.7. The van der Waals surface area contributed by atoms with Crippen LogP contribution in [0.1, 0.15) is 79.1 Å². The number of alkyl halides is 3. The van der Waals surface area contributed by atoms with Gasteiger partial charge in [-0.3, -0.25) is 9.59 Å². The Bertz CT molecular complexity index is 1450. The van der Waals surface area contributed by atoms with E-state index in [9.17, 15) is 27.2 Å². The van der Waals surface area contributed by atoms with Gasteiger partial charge in [0, 0.05) is 25.3 Å². The van der Waals surface area contributed by atoms with Crippen molar-refractivity contribution in [3.8, 4) is 5.75 Å². The molecule has 1 heterocycles. The topological polar surface area (TPSA) is 89.6 Å². The molecule has 3 rings (SSSR count). The van der Waals surface area contributed by atoms with Crippen molar-refractivity contribution < 1.29 is 36.6 Å². The maximum absolute atomic E-state index is 13.9. The lowest BCUT2D eigenvalue weighted by Crippen LogP contribution is -2.34. The first-order chi connectivity index (χ1) is 21.1. The van der Waals surface area contributed by atoms with Crippen LogP contribution in [0.3, 0.4) is 0 Å². The second-order valence-electron chi connectivity index (χ2n) is 11.2. The van der Waals surface area contributed by atoms with Crippen LogP contribution < -0.4 is 15.4 Å². The highest BCUT2D eigenvalue weighted by atomic mass is 32.1. The van der Waals surface area contributed by atoms with Crippen molar-refractivity contribution in [2.45, 2.75) is 72.5 Å². The molecule has 0 aliphatic heterocycles. The Balaban J connectivity index is 0.000000547. The van der Waals surface area contributed by atoms with E-state index < -0.39 is 41.8 Å². The van der Waals surface area contributed by atoms with Crippen molar-refractivity contribution in [3.05, 3.63) is 64.4 Å². The van der Waals surface area contributed by atoms with Gasteiger partial charge in [-0.2, -0.15) is 13.2 Å². The summed E-state index contributed by atoms with van der Waals surface area (Å²) in [4.78, 5) is 30.3. The van der Waals surface area contributed by atoms with Crippen LogP contribution in [0.15, 0.2) is 42.5 Å². The van der Waals surface area contributed by atoms with Crippen LogP contribution in [0.2, 0.25) is 0 Å². The fourth-order valence-electron chi connectivity index (χ4n) is 4.96. The summed E-state index contributed by atoms with van der Waals surface area (Å²) in [7, 11) is 3.18. The van der Waals surface area contributed by atoms with Crippen LogP contribution in [0.4, 0.5) is 23.2 Å². The Hall–Kier alpha value is -3.51. The SMILES string of the molecule is C=C(CC(C)NC(=O)c1cc(F)ccc1NC(=O)c1c(OC)ccc2nc(C)sc12)C(F)(F)F.CCCC(C)CC(C)COC. The fraction of sp³-hybridized carbons (Fsp3) is 0.485. The summed E-state index contributed by atoms with van der Waals surface area (Å²) in [6.45, 7) is 13.9. The van der Waals surface area contributed by atoms with Gasteiger partial charge in [-0.15, -0.1) is 11.3 Å². The average molecular weight is 654 g/mol. The van der Waals surface area contributed by atoms with Gasteiger partial charge < -0.3 is 20.1 Å². The number of ether oxygens (including phenoxy) is 2. The van der Waals surface area contributed by atoms with E-state index in [0.717, 1.165) is 35.6 Å². The Morgan fingerprint density at radius 1 is 1.07 bits per heavy atom. The number of nitrogens with zero attached hydrogens (tertiary/aromatic N) is 1. The third kappa shape index (κ3) is 11.4. The molecule has 45 heavy (non-hydrogen) atoms. The summed E-state index contributed by atoms with van der Waals surface area (Å²) >= 11 is 1.28. The second-order valence-corrected chi connectivity index (χ2v) is 12.4. The van der Waals surface area contributed by atoms with Gasteiger partial charge in [0.1, 0.15) is 17.1 Å². The van der Waals surface area contributed by atoms with Crippen LogP contribution in [0.25, 0.3) is 10.2 Å². The highest BCUT2D eigenvalue weighted by Gasteiger charge is 2.33. The number of hydrogen-bond donors (Lipinski definition) is 2. The van der Waals surface area contributed by atoms with E-state index in [1.165, 1.54) is 50.7 Å². The van der Waals surface area contributed by atoms with Gasteiger partial charge in [0.25, 0.3) is 11.8 Å². The first-order valence-electron chi connectivity index (χ1n) is 14.7. The minimum atomic E-state index is -4.59. The molecule has 1 aromatic heterocycles. The van der Waals surface area contributed by atoms with Crippen molar-refractivity contribution in [2.24, 2.45) is 11.8 Å². The monoisotopic (exact) mass is 653 g/mol. The molecule has 3 atom stereocenters. The second kappa shape index (κ2) is 17.3. The number of amides is 2. The number of thiazole rings is 1. The minimum absolute atomic E-state index is 0.0222. The number of carbonyl (C=O) groups is 2. The van der Waals surface area contributed by atoms with E-state index in [1.807, 2.05) is 0 Å². The van der Waals surface area contributed by atoms with Crippen molar-refractivity contribution >= 4 is 39.1 Å². The van der Waals surface area contributed by atoms with Gasteiger partial charge in [-0.05, 0) is 68.9 Å². The molecular weight excluding hydrogens is 610 g/mol. The average Bonchev–Trinajstić information content (AvgIpc) is 3.33. The van der Waals surface area contributed by atoms with Crippen molar-refractivity contribution in [3.63, 3.8) is 0 Å². The molecule has 0 aliphatic carbocycles. The molecule has 12 heteroatoms. The smallest absolute Gasteiger partial charge is 0.412 e. The third-order valence-corrected chi connectivity index (χ3v) is 7.92. The Labute approximate surface area is 266 Å². The summed E-state index contributed by atoms with van der Waals surface area (Å²) in [6, 6.07) is 5.50. The molecule has 3 unspecified atom stereocenters. The van der Waals surface area contributed by atoms with Crippen molar-refractivity contribution in [1.29, 1.82) is 0 Å². The Morgan fingerprint density at radius 2 is 1.76 bits per heavy atom. The number of hydrogen-bond acceptors (Lipinski definition) is 6. The molecule has 2 aromatic carbocycles. The van der Waals surface area contributed by atoms with E-state index in [0.29, 0.717) is 10.2 Å². The van der Waals surface area contributed by atoms with E-state index in [-0.39, 0.29) is 22.6 Å². The van der Waals surface area contributed by atoms with Crippen LogP contribution in [0, 0.1) is 24.6 Å². The molecule has 0 saturated carbocycles. The number of benzene rings is 2. The van der Waals surface area contributed by atoms with Gasteiger partial charge in [0.05, 0.1) is 33.6 Å². The molecule has 2 N–H and O–H groups in total. The standard InChI is InChI=1S/C23H21F4N3O3S.C10H22O/c1-11(23(25,26)27)9-12(2)28-21(31)15-10-14(24)5-6-16(15)30-22(32)19-18(33-4)8-7-17-20(19)34-13(3)29-17;1-5-6-9(2)7-10(3)8-11-4/h5-8,10,12H,1,9H2,2-4H3,(H,28,31)(H,30,32);9-10H,5-8H2,1-4H3. The molecular formula is C33H43F4N3O4S. The number of rotatable bonds is 13. The van der Waals surface area contributed by atoms with E-state index >= 15 is 0 Å². The van der Waals surface area contributed by atoms with E-state index in [4.69, 9.17) is 9.47 Å². The van der Waals surface area contributed by atoms with Crippen LogP contribution in [-0.4, -0.2) is 49.8 Å². The van der Waals surface area contributed by atoms with Crippen molar-refractivity contribution in [2.75, 3.05) is 26.1 Å². The number of aromatic nitrogens is 1. The first-order valence-corrected chi connectivity index (χ1v) is 15.5. The molecule has 0 saturated heterocycles. The van der Waals surface area contributed by atoms with Gasteiger partial charge in [-0.25, -0.2) is 9.37 Å².